The van der Waals surface area contributed by atoms with Gasteiger partial charge in [-0.25, -0.2) is 8.42 Å². The van der Waals surface area contributed by atoms with Crippen molar-refractivity contribution in [1.82, 2.24) is 5.32 Å². The lowest BCUT2D eigenvalue weighted by Crippen LogP contribution is -2.34. The van der Waals surface area contributed by atoms with Gasteiger partial charge in [0.25, 0.3) is 0 Å². The average Bonchev–Trinajstić information content (AvgIpc) is 2.70. The second-order valence-electron chi connectivity index (χ2n) is 4.99. The van der Waals surface area contributed by atoms with Gasteiger partial charge in [-0.1, -0.05) is 0 Å². The van der Waals surface area contributed by atoms with Gasteiger partial charge in [0.1, 0.15) is 9.84 Å². The van der Waals surface area contributed by atoms with Crippen LogP contribution in [0.4, 0.5) is 0 Å². The summed E-state index contributed by atoms with van der Waals surface area (Å²) in [4.78, 5) is 0. The van der Waals surface area contributed by atoms with Crippen LogP contribution in [0.5, 0.6) is 0 Å². The molecule has 0 aromatic rings. The smallest absolute Gasteiger partial charge is 0.150 e. The third-order valence-electron chi connectivity index (χ3n) is 3.58. The van der Waals surface area contributed by atoms with Crippen LogP contribution in [0.15, 0.2) is 0 Å². The first kappa shape index (κ1) is 12.3. The van der Waals surface area contributed by atoms with E-state index >= 15 is 0 Å². The molecule has 0 spiro atoms. The maximum Gasteiger partial charge on any atom is 0.150 e. The van der Waals surface area contributed by atoms with Gasteiger partial charge in [0.15, 0.2) is 0 Å². The van der Waals surface area contributed by atoms with Crippen molar-refractivity contribution in [2.75, 3.05) is 19.3 Å². The molecule has 1 saturated carbocycles. The summed E-state index contributed by atoms with van der Waals surface area (Å²) in [6.07, 6.45) is 6.33. The molecule has 2 aliphatic rings. The number of ether oxygens (including phenoxy) is 1. The molecule has 1 aliphatic heterocycles. The van der Waals surface area contributed by atoms with E-state index in [0.717, 1.165) is 38.8 Å². The number of rotatable bonds is 3. The molecule has 2 rings (SSSR count). The fraction of sp³-hybridized carbons (Fsp3) is 1.00. The molecule has 16 heavy (non-hydrogen) atoms. The van der Waals surface area contributed by atoms with Gasteiger partial charge in [-0.05, 0) is 38.6 Å². The molecular formula is C11H21NO3S. The molecule has 3 unspecified atom stereocenters. The van der Waals surface area contributed by atoms with Gasteiger partial charge in [-0.2, -0.15) is 0 Å². The highest BCUT2D eigenvalue weighted by Gasteiger charge is 2.31. The van der Waals surface area contributed by atoms with E-state index in [0.29, 0.717) is 12.5 Å². The van der Waals surface area contributed by atoms with Gasteiger partial charge < -0.3 is 10.1 Å². The molecule has 0 aromatic carbocycles. The summed E-state index contributed by atoms with van der Waals surface area (Å²) in [6.45, 7) is 1.94. The van der Waals surface area contributed by atoms with Crippen molar-refractivity contribution >= 4 is 9.84 Å². The van der Waals surface area contributed by atoms with Crippen molar-refractivity contribution in [3.8, 4) is 0 Å². The van der Waals surface area contributed by atoms with Gasteiger partial charge in [0.05, 0.1) is 17.5 Å². The maximum atomic E-state index is 11.5. The highest BCUT2D eigenvalue weighted by Crippen LogP contribution is 2.27. The second-order valence-corrected chi connectivity index (χ2v) is 7.32. The zero-order valence-corrected chi connectivity index (χ0v) is 10.6. The molecule has 1 heterocycles. The van der Waals surface area contributed by atoms with E-state index in [4.69, 9.17) is 4.74 Å². The van der Waals surface area contributed by atoms with E-state index in [9.17, 15) is 8.42 Å². The van der Waals surface area contributed by atoms with Crippen LogP contribution in [0.25, 0.3) is 0 Å². The van der Waals surface area contributed by atoms with Crippen LogP contribution in [0.3, 0.4) is 0 Å². The van der Waals surface area contributed by atoms with Crippen molar-refractivity contribution in [2.24, 2.45) is 0 Å². The van der Waals surface area contributed by atoms with Gasteiger partial charge >= 0.3 is 0 Å². The first-order valence-corrected chi connectivity index (χ1v) is 8.06. The monoisotopic (exact) mass is 247 g/mol. The van der Waals surface area contributed by atoms with Crippen LogP contribution in [0, 0.1) is 0 Å². The van der Waals surface area contributed by atoms with E-state index < -0.39 is 9.84 Å². The molecule has 0 radical (unpaired) electrons. The Kier molecular flexibility index (Phi) is 3.87. The standard InChI is InChI=1S/C11H21NO3S/c1-16(13,14)11-4-2-3-9(7-11)15-10-5-6-12-8-10/h9-12H,2-8H2,1H3. The minimum Gasteiger partial charge on any atom is -0.374 e. The number of nitrogens with one attached hydrogen (secondary N) is 1. The number of sulfone groups is 1. The molecule has 5 heteroatoms. The van der Waals surface area contributed by atoms with Crippen molar-refractivity contribution in [3.05, 3.63) is 0 Å². The van der Waals surface area contributed by atoms with Crippen LogP contribution < -0.4 is 5.32 Å². The predicted molar refractivity (Wildman–Crippen MR) is 63.2 cm³/mol. The first-order chi connectivity index (χ1) is 7.55. The van der Waals surface area contributed by atoms with E-state index in [1.54, 1.807) is 0 Å². The minimum absolute atomic E-state index is 0.151. The Balaban J connectivity index is 1.86. The summed E-state index contributed by atoms with van der Waals surface area (Å²) < 4.78 is 29.0. The molecule has 0 aromatic heterocycles. The topological polar surface area (TPSA) is 55.4 Å². The molecule has 1 N–H and O–H groups in total. The SMILES string of the molecule is CS(=O)(=O)C1CCCC(OC2CCNC2)C1. The summed E-state index contributed by atoms with van der Waals surface area (Å²) in [5, 5.41) is 3.08. The maximum absolute atomic E-state index is 11.5. The van der Waals surface area contributed by atoms with E-state index in [2.05, 4.69) is 5.32 Å². The molecule has 2 fully saturated rings. The molecule has 1 saturated heterocycles. The van der Waals surface area contributed by atoms with Crippen molar-refractivity contribution in [2.45, 2.75) is 49.6 Å². The van der Waals surface area contributed by atoms with Crippen LogP contribution >= 0.6 is 0 Å². The average molecular weight is 247 g/mol. The van der Waals surface area contributed by atoms with Crippen LogP contribution in [0.2, 0.25) is 0 Å². The summed E-state index contributed by atoms with van der Waals surface area (Å²) in [5.41, 5.74) is 0. The summed E-state index contributed by atoms with van der Waals surface area (Å²) >= 11 is 0. The molecule has 0 amide bonds. The lowest BCUT2D eigenvalue weighted by atomic mass is 9.97. The normalized spacial score (nSPS) is 36.4. The Hall–Kier alpha value is -0.130. The van der Waals surface area contributed by atoms with Crippen molar-refractivity contribution in [3.63, 3.8) is 0 Å². The lowest BCUT2D eigenvalue weighted by Gasteiger charge is -2.29. The highest BCUT2D eigenvalue weighted by atomic mass is 32.2. The zero-order chi connectivity index (χ0) is 11.6. The molecular weight excluding hydrogens is 226 g/mol. The Labute approximate surface area is 97.7 Å². The minimum atomic E-state index is -2.89. The Morgan fingerprint density at radius 1 is 1.19 bits per heavy atom. The molecule has 3 atom stereocenters. The van der Waals surface area contributed by atoms with Crippen molar-refractivity contribution < 1.29 is 13.2 Å². The quantitative estimate of drug-likeness (QED) is 0.798. The highest BCUT2D eigenvalue weighted by molar-refractivity contribution is 7.91. The Bertz CT molecular complexity index is 322. The first-order valence-electron chi connectivity index (χ1n) is 6.11. The Morgan fingerprint density at radius 2 is 2.00 bits per heavy atom. The molecule has 1 aliphatic carbocycles. The third kappa shape index (κ3) is 3.18. The van der Waals surface area contributed by atoms with Gasteiger partial charge in [0.2, 0.25) is 0 Å². The van der Waals surface area contributed by atoms with Gasteiger partial charge in [0, 0.05) is 12.8 Å². The fourth-order valence-electron chi connectivity index (χ4n) is 2.63. The van der Waals surface area contributed by atoms with E-state index in [1.807, 2.05) is 0 Å². The third-order valence-corrected chi connectivity index (χ3v) is 5.22. The van der Waals surface area contributed by atoms with E-state index in [1.165, 1.54) is 6.26 Å². The summed E-state index contributed by atoms with van der Waals surface area (Å²) in [6, 6.07) is 0. The molecule has 94 valence electrons. The van der Waals surface area contributed by atoms with Gasteiger partial charge in [-0.15, -0.1) is 0 Å². The number of hydrogen-bond donors (Lipinski definition) is 1. The van der Waals surface area contributed by atoms with Crippen LogP contribution in [-0.2, 0) is 14.6 Å². The van der Waals surface area contributed by atoms with Crippen LogP contribution in [-0.4, -0.2) is 45.2 Å². The molecule has 0 bridgehead atoms. The van der Waals surface area contributed by atoms with Crippen molar-refractivity contribution in [1.29, 1.82) is 0 Å². The Morgan fingerprint density at radius 3 is 2.62 bits per heavy atom. The number of hydrogen-bond acceptors (Lipinski definition) is 4. The lowest BCUT2D eigenvalue weighted by molar-refractivity contribution is -0.0189. The van der Waals surface area contributed by atoms with Crippen LogP contribution in [0.1, 0.15) is 32.1 Å². The summed E-state index contributed by atoms with van der Waals surface area (Å²) in [5.74, 6) is 0. The summed E-state index contributed by atoms with van der Waals surface area (Å²) in [7, 11) is -2.89. The predicted octanol–water partition coefficient (Wildman–Crippen LogP) is 0.721. The van der Waals surface area contributed by atoms with Gasteiger partial charge in [-0.3, -0.25) is 0 Å². The second kappa shape index (κ2) is 5.02. The zero-order valence-electron chi connectivity index (χ0n) is 9.81. The van der Waals surface area contributed by atoms with E-state index in [-0.39, 0.29) is 11.4 Å². The largest absolute Gasteiger partial charge is 0.374 e. The fourth-order valence-corrected chi connectivity index (χ4v) is 3.79. The molecule has 4 nitrogen and oxygen atoms in total.